The summed E-state index contributed by atoms with van der Waals surface area (Å²) in [6.07, 6.45) is 1.63. The number of rotatable bonds is 0. The van der Waals surface area contributed by atoms with Crippen LogP contribution >= 0.6 is 0 Å². The molecule has 0 bridgehead atoms. The van der Waals surface area contributed by atoms with Gasteiger partial charge in [-0.2, -0.15) is 0 Å². The lowest BCUT2D eigenvalue weighted by Gasteiger charge is -2.36. The Labute approximate surface area is 100 Å². The maximum absolute atomic E-state index is 10.5. The number of para-hydroxylation sites is 1. The van der Waals surface area contributed by atoms with E-state index >= 15 is 0 Å². The predicted octanol–water partition coefficient (Wildman–Crippen LogP) is 1.72. The molecule has 3 nitrogen and oxygen atoms in total. The van der Waals surface area contributed by atoms with Crippen LogP contribution in [-0.2, 0) is 12.0 Å². The van der Waals surface area contributed by atoms with E-state index in [9.17, 15) is 5.11 Å². The van der Waals surface area contributed by atoms with Crippen molar-refractivity contribution in [2.45, 2.75) is 31.4 Å². The van der Waals surface area contributed by atoms with Gasteiger partial charge >= 0.3 is 0 Å². The van der Waals surface area contributed by atoms with Crippen molar-refractivity contribution in [3.05, 3.63) is 41.6 Å². The molecule has 0 saturated heterocycles. The molecule has 2 unspecified atom stereocenters. The van der Waals surface area contributed by atoms with E-state index in [0.29, 0.717) is 0 Å². The van der Waals surface area contributed by atoms with Gasteiger partial charge in [-0.3, -0.25) is 4.98 Å². The largest absolute Gasteiger partial charge is 0.384 e. The number of aromatic nitrogens is 1. The van der Waals surface area contributed by atoms with E-state index in [0.717, 1.165) is 35.0 Å². The highest BCUT2D eigenvalue weighted by Gasteiger charge is 2.37. The molecule has 0 saturated carbocycles. The summed E-state index contributed by atoms with van der Waals surface area (Å²) in [4.78, 5) is 4.63. The normalized spacial score (nSPS) is 28.1. The fourth-order valence-electron chi connectivity index (χ4n) is 2.56. The summed E-state index contributed by atoms with van der Waals surface area (Å²) in [6, 6.07) is 9.79. The van der Waals surface area contributed by atoms with Crippen molar-refractivity contribution in [1.82, 2.24) is 4.98 Å². The Bertz CT molecular complexity index is 577. The van der Waals surface area contributed by atoms with E-state index in [2.05, 4.69) is 4.98 Å². The number of nitrogens with two attached hydrogens (primary N) is 1. The molecule has 1 aromatic heterocycles. The first-order chi connectivity index (χ1) is 8.09. The van der Waals surface area contributed by atoms with Crippen molar-refractivity contribution < 1.29 is 5.11 Å². The molecule has 0 spiro atoms. The standard InChI is InChI=1S/C14H16N2O/c1-14(17)10-8-9-4-2-3-5-11(9)16-12(10)6-7-13(14)15/h2-5,8,13,17H,6-7,15H2,1H3. The first-order valence-corrected chi connectivity index (χ1v) is 5.96. The fourth-order valence-corrected chi connectivity index (χ4v) is 2.56. The zero-order valence-electron chi connectivity index (χ0n) is 9.85. The average Bonchev–Trinajstić information content (AvgIpc) is 2.33. The van der Waals surface area contributed by atoms with Crippen molar-refractivity contribution in [3.63, 3.8) is 0 Å². The van der Waals surface area contributed by atoms with Gasteiger partial charge in [-0.05, 0) is 31.9 Å². The van der Waals surface area contributed by atoms with Crippen LogP contribution in [0.2, 0.25) is 0 Å². The molecular formula is C14H16N2O. The van der Waals surface area contributed by atoms with Crippen molar-refractivity contribution in [2.75, 3.05) is 0 Å². The lowest BCUT2D eigenvalue weighted by atomic mass is 9.79. The molecule has 3 heteroatoms. The minimum Gasteiger partial charge on any atom is -0.384 e. The number of aryl methyl sites for hydroxylation is 1. The van der Waals surface area contributed by atoms with Crippen LogP contribution in [0.4, 0.5) is 0 Å². The summed E-state index contributed by atoms with van der Waals surface area (Å²) >= 11 is 0. The number of benzene rings is 1. The topological polar surface area (TPSA) is 59.1 Å². The molecule has 1 heterocycles. The Kier molecular flexibility index (Phi) is 2.21. The number of pyridine rings is 1. The Morgan fingerprint density at radius 3 is 3.00 bits per heavy atom. The van der Waals surface area contributed by atoms with Crippen LogP contribution in [0.15, 0.2) is 30.3 Å². The molecule has 2 aromatic rings. The third-order valence-corrected chi connectivity index (χ3v) is 3.76. The molecule has 0 aliphatic heterocycles. The smallest absolute Gasteiger partial charge is 0.104 e. The lowest BCUT2D eigenvalue weighted by Crippen LogP contribution is -2.46. The predicted molar refractivity (Wildman–Crippen MR) is 67.6 cm³/mol. The van der Waals surface area contributed by atoms with Gasteiger partial charge in [-0.25, -0.2) is 0 Å². The van der Waals surface area contributed by atoms with E-state index in [1.807, 2.05) is 30.3 Å². The van der Waals surface area contributed by atoms with Crippen LogP contribution in [0.3, 0.4) is 0 Å². The van der Waals surface area contributed by atoms with Crippen molar-refractivity contribution in [1.29, 1.82) is 0 Å². The highest BCUT2D eigenvalue weighted by molar-refractivity contribution is 5.79. The number of nitrogens with zero attached hydrogens (tertiary/aromatic N) is 1. The molecule has 1 aliphatic carbocycles. The molecule has 3 rings (SSSR count). The van der Waals surface area contributed by atoms with Gasteiger partial charge in [-0.1, -0.05) is 18.2 Å². The molecule has 0 radical (unpaired) electrons. The Morgan fingerprint density at radius 2 is 2.18 bits per heavy atom. The third kappa shape index (κ3) is 1.54. The molecule has 0 amide bonds. The van der Waals surface area contributed by atoms with Crippen LogP contribution in [0.5, 0.6) is 0 Å². The number of aliphatic hydroxyl groups is 1. The second kappa shape index (κ2) is 3.52. The first kappa shape index (κ1) is 10.7. The van der Waals surface area contributed by atoms with Gasteiger partial charge in [0.2, 0.25) is 0 Å². The van der Waals surface area contributed by atoms with Gasteiger partial charge in [0.15, 0.2) is 0 Å². The van der Waals surface area contributed by atoms with E-state index in [1.165, 1.54) is 0 Å². The van der Waals surface area contributed by atoms with Gasteiger partial charge in [0.05, 0.1) is 5.52 Å². The summed E-state index contributed by atoms with van der Waals surface area (Å²) in [5, 5.41) is 11.5. The summed E-state index contributed by atoms with van der Waals surface area (Å²) in [7, 11) is 0. The molecular weight excluding hydrogens is 212 g/mol. The van der Waals surface area contributed by atoms with Crippen molar-refractivity contribution in [3.8, 4) is 0 Å². The quantitative estimate of drug-likeness (QED) is 0.721. The maximum atomic E-state index is 10.5. The molecule has 17 heavy (non-hydrogen) atoms. The second-order valence-corrected chi connectivity index (χ2v) is 4.97. The van der Waals surface area contributed by atoms with E-state index in [1.54, 1.807) is 6.92 Å². The van der Waals surface area contributed by atoms with Crippen LogP contribution in [-0.4, -0.2) is 16.1 Å². The minimum absolute atomic E-state index is 0.210. The van der Waals surface area contributed by atoms with Crippen LogP contribution < -0.4 is 5.73 Å². The van der Waals surface area contributed by atoms with Gasteiger partial charge in [0, 0.05) is 22.7 Å². The van der Waals surface area contributed by atoms with Gasteiger partial charge in [0.25, 0.3) is 0 Å². The molecule has 2 atom stereocenters. The minimum atomic E-state index is -0.968. The first-order valence-electron chi connectivity index (χ1n) is 5.96. The Morgan fingerprint density at radius 1 is 1.41 bits per heavy atom. The zero-order chi connectivity index (χ0) is 12.0. The number of fused-ring (bicyclic) bond motifs is 2. The Hall–Kier alpha value is -1.45. The average molecular weight is 228 g/mol. The molecule has 1 aliphatic rings. The number of hydrogen-bond acceptors (Lipinski definition) is 3. The maximum Gasteiger partial charge on any atom is 0.104 e. The summed E-state index contributed by atoms with van der Waals surface area (Å²) in [5.41, 5.74) is 7.88. The summed E-state index contributed by atoms with van der Waals surface area (Å²) in [5.74, 6) is 0. The molecule has 0 fully saturated rings. The van der Waals surface area contributed by atoms with Crippen molar-refractivity contribution in [2.24, 2.45) is 5.73 Å². The van der Waals surface area contributed by atoms with E-state index in [-0.39, 0.29) is 6.04 Å². The molecule has 88 valence electrons. The van der Waals surface area contributed by atoms with Crippen LogP contribution in [0.25, 0.3) is 10.9 Å². The van der Waals surface area contributed by atoms with Gasteiger partial charge < -0.3 is 10.8 Å². The van der Waals surface area contributed by atoms with Crippen molar-refractivity contribution >= 4 is 10.9 Å². The van der Waals surface area contributed by atoms with E-state index in [4.69, 9.17) is 5.73 Å². The SMILES string of the molecule is CC1(O)c2cc3ccccc3nc2CCC1N. The van der Waals surface area contributed by atoms with Gasteiger partial charge in [0.1, 0.15) is 5.60 Å². The zero-order valence-corrected chi connectivity index (χ0v) is 9.85. The highest BCUT2D eigenvalue weighted by Crippen LogP contribution is 2.34. The molecule has 3 N–H and O–H groups in total. The van der Waals surface area contributed by atoms with Gasteiger partial charge in [-0.15, -0.1) is 0 Å². The summed E-state index contributed by atoms with van der Waals surface area (Å²) in [6.45, 7) is 1.78. The molecule has 1 aromatic carbocycles. The second-order valence-electron chi connectivity index (χ2n) is 4.97. The highest BCUT2D eigenvalue weighted by atomic mass is 16.3. The third-order valence-electron chi connectivity index (χ3n) is 3.76. The van der Waals surface area contributed by atoms with Crippen LogP contribution in [0, 0.1) is 0 Å². The monoisotopic (exact) mass is 228 g/mol. The lowest BCUT2D eigenvalue weighted by molar-refractivity contribution is 0.0184. The van der Waals surface area contributed by atoms with Crippen LogP contribution in [0.1, 0.15) is 24.6 Å². The summed E-state index contributed by atoms with van der Waals surface area (Å²) < 4.78 is 0. The number of hydrogen-bond donors (Lipinski definition) is 2. The fraction of sp³-hybridized carbons (Fsp3) is 0.357. The van der Waals surface area contributed by atoms with E-state index < -0.39 is 5.60 Å². The Balaban J connectivity index is 2.28.